The van der Waals surface area contributed by atoms with Gasteiger partial charge >= 0.3 is 0 Å². The van der Waals surface area contributed by atoms with Gasteiger partial charge in [-0.25, -0.2) is 15.8 Å². The minimum absolute atomic E-state index is 0.152. The Balaban J connectivity index is 2.64. The number of rotatable bonds is 5. The molecule has 1 aromatic heterocycles. The van der Waals surface area contributed by atoms with E-state index in [1.807, 2.05) is 6.92 Å². The first-order valence-corrected chi connectivity index (χ1v) is 4.82. The minimum Gasteiger partial charge on any atom is -0.396 e. The first kappa shape index (κ1) is 11.7. The highest BCUT2D eigenvalue weighted by Gasteiger charge is 2.03. The SMILES string of the molecule is Cc1nc(NN)cc(NCC(C)CO)n1. The molecule has 0 fully saturated rings. The van der Waals surface area contributed by atoms with Gasteiger partial charge in [-0.15, -0.1) is 0 Å². The molecule has 5 N–H and O–H groups in total. The predicted molar refractivity (Wildman–Crippen MR) is 59.3 cm³/mol. The van der Waals surface area contributed by atoms with Crippen molar-refractivity contribution >= 4 is 11.6 Å². The molecule has 0 aliphatic carbocycles. The molecule has 0 saturated heterocycles. The van der Waals surface area contributed by atoms with Crippen molar-refractivity contribution in [3.63, 3.8) is 0 Å². The van der Waals surface area contributed by atoms with Crippen molar-refractivity contribution in [1.82, 2.24) is 9.97 Å². The summed E-state index contributed by atoms with van der Waals surface area (Å²) in [6, 6.07) is 1.72. The molecule has 1 atom stereocenters. The summed E-state index contributed by atoms with van der Waals surface area (Å²) in [4.78, 5) is 8.25. The number of nitrogens with one attached hydrogen (secondary N) is 2. The van der Waals surface area contributed by atoms with E-state index in [-0.39, 0.29) is 12.5 Å². The molecule has 6 nitrogen and oxygen atoms in total. The summed E-state index contributed by atoms with van der Waals surface area (Å²) in [5.74, 6) is 7.37. The van der Waals surface area contributed by atoms with Crippen molar-refractivity contribution in [2.45, 2.75) is 13.8 Å². The van der Waals surface area contributed by atoms with Gasteiger partial charge in [0.25, 0.3) is 0 Å². The van der Waals surface area contributed by atoms with E-state index in [1.165, 1.54) is 0 Å². The highest BCUT2D eigenvalue weighted by Crippen LogP contribution is 2.10. The van der Waals surface area contributed by atoms with Crippen LogP contribution in [0, 0.1) is 12.8 Å². The fourth-order valence-electron chi connectivity index (χ4n) is 1.08. The summed E-state index contributed by atoms with van der Waals surface area (Å²) < 4.78 is 0. The van der Waals surface area contributed by atoms with Crippen molar-refractivity contribution in [1.29, 1.82) is 0 Å². The van der Waals surface area contributed by atoms with E-state index in [1.54, 1.807) is 13.0 Å². The second kappa shape index (κ2) is 5.47. The highest BCUT2D eigenvalue weighted by atomic mass is 16.3. The predicted octanol–water partition coefficient (Wildman–Crippen LogP) is 0.111. The number of hydrogen-bond acceptors (Lipinski definition) is 6. The molecular formula is C9H17N5O. The maximum atomic E-state index is 8.86. The van der Waals surface area contributed by atoms with Gasteiger partial charge in [-0.1, -0.05) is 6.92 Å². The molecular weight excluding hydrogens is 194 g/mol. The average Bonchev–Trinajstić information content (AvgIpc) is 2.25. The molecule has 0 radical (unpaired) electrons. The number of hydrazine groups is 1. The molecule has 1 rings (SSSR count). The third-order valence-electron chi connectivity index (χ3n) is 1.93. The molecule has 1 heterocycles. The molecule has 0 aromatic carbocycles. The van der Waals surface area contributed by atoms with Gasteiger partial charge < -0.3 is 15.8 Å². The minimum atomic E-state index is 0.152. The Morgan fingerprint density at radius 2 is 2.13 bits per heavy atom. The molecule has 15 heavy (non-hydrogen) atoms. The molecule has 1 unspecified atom stereocenters. The Morgan fingerprint density at radius 3 is 2.73 bits per heavy atom. The second-order valence-electron chi connectivity index (χ2n) is 3.50. The fourth-order valence-corrected chi connectivity index (χ4v) is 1.08. The second-order valence-corrected chi connectivity index (χ2v) is 3.50. The number of nitrogens with two attached hydrogens (primary N) is 1. The van der Waals surface area contributed by atoms with Gasteiger partial charge in [0.1, 0.15) is 17.5 Å². The number of hydrogen-bond donors (Lipinski definition) is 4. The van der Waals surface area contributed by atoms with Crippen LogP contribution in [-0.4, -0.2) is 28.2 Å². The van der Waals surface area contributed by atoms with Gasteiger partial charge in [0.05, 0.1) is 0 Å². The van der Waals surface area contributed by atoms with E-state index >= 15 is 0 Å². The maximum Gasteiger partial charge on any atom is 0.145 e. The molecule has 6 heteroatoms. The van der Waals surface area contributed by atoms with Crippen LogP contribution in [0.1, 0.15) is 12.7 Å². The van der Waals surface area contributed by atoms with Crippen LogP contribution in [0.5, 0.6) is 0 Å². The zero-order valence-electron chi connectivity index (χ0n) is 8.99. The van der Waals surface area contributed by atoms with E-state index in [0.717, 1.165) is 0 Å². The molecule has 0 amide bonds. The topological polar surface area (TPSA) is 96.1 Å². The van der Waals surface area contributed by atoms with Crippen LogP contribution in [0.15, 0.2) is 6.07 Å². The van der Waals surface area contributed by atoms with Gasteiger partial charge in [0.2, 0.25) is 0 Å². The third-order valence-corrected chi connectivity index (χ3v) is 1.93. The van der Waals surface area contributed by atoms with Crippen molar-refractivity contribution in [2.75, 3.05) is 23.9 Å². The summed E-state index contributed by atoms with van der Waals surface area (Å²) >= 11 is 0. The van der Waals surface area contributed by atoms with Crippen LogP contribution in [0.25, 0.3) is 0 Å². The summed E-state index contributed by atoms with van der Waals surface area (Å²) in [6.45, 7) is 4.56. The zero-order valence-corrected chi connectivity index (χ0v) is 8.99. The standard InChI is InChI=1S/C9H17N5O/c1-6(5-15)4-11-8-3-9(14-10)13-7(2)12-8/h3,6,15H,4-5,10H2,1-2H3,(H2,11,12,13,14). The molecule has 0 bridgehead atoms. The van der Waals surface area contributed by atoms with E-state index in [4.69, 9.17) is 10.9 Å². The van der Waals surface area contributed by atoms with Gasteiger partial charge in [0.15, 0.2) is 0 Å². The molecule has 0 aliphatic heterocycles. The summed E-state index contributed by atoms with van der Waals surface area (Å²) in [6.07, 6.45) is 0. The first-order chi connectivity index (χ1) is 7.15. The number of nitrogen functional groups attached to an aromatic ring is 1. The Kier molecular flexibility index (Phi) is 4.26. The van der Waals surface area contributed by atoms with Crippen LogP contribution >= 0.6 is 0 Å². The van der Waals surface area contributed by atoms with E-state index in [0.29, 0.717) is 24.0 Å². The number of aromatic nitrogens is 2. The maximum absolute atomic E-state index is 8.86. The lowest BCUT2D eigenvalue weighted by Crippen LogP contribution is -2.16. The van der Waals surface area contributed by atoms with Crippen LogP contribution in [-0.2, 0) is 0 Å². The number of nitrogens with zero attached hydrogens (tertiary/aromatic N) is 2. The van der Waals surface area contributed by atoms with Gasteiger partial charge in [-0.05, 0) is 12.8 Å². The Morgan fingerprint density at radius 1 is 1.47 bits per heavy atom. The van der Waals surface area contributed by atoms with Crippen LogP contribution < -0.4 is 16.6 Å². The Bertz CT molecular complexity index is 317. The summed E-state index contributed by atoms with van der Waals surface area (Å²) in [7, 11) is 0. The monoisotopic (exact) mass is 211 g/mol. The van der Waals surface area contributed by atoms with Gasteiger partial charge in [0, 0.05) is 19.2 Å². The van der Waals surface area contributed by atoms with Crippen molar-refractivity contribution in [3.8, 4) is 0 Å². The van der Waals surface area contributed by atoms with E-state index in [2.05, 4.69) is 20.7 Å². The molecule has 0 saturated carbocycles. The molecule has 0 aliphatic rings. The number of aryl methyl sites for hydroxylation is 1. The van der Waals surface area contributed by atoms with Crippen LogP contribution in [0.4, 0.5) is 11.6 Å². The van der Waals surface area contributed by atoms with E-state index in [9.17, 15) is 0 Å². The smallest absolute Gasteiger partial charge is 0.145 e. The Hall–Kier alpha value is -1.40. The highest BCUT2D eigenvalue weighted by molar-refractivity contribution is 5.46. The quantitative estimate of drug-likeness (QED) is 0.408. The largest absolute Gasteiger partial charge is 0.396 e. The number of aliphatic hydroxyl groups is 1. The Labute approximate surface area is 88.9 Å². The van der Waals surface area contributed by atoms with E-state index < -0.39 is 0 Å². The van der Waals surface area contributed by atoms with Gasteiger partial charge in [-0.2, -0.15) is 0 Å². The summed E-state index contributed by atoms with van der Waals surface area (Å²) in [5, 5.41) is 12.0. The fraction of sp³-hybridized carbons (Fsp3) is 0.556. The van der Waals surface area contributed by atoms with Crippen molar-refractivity contribution in [2.24, 2.45) is 11.8 Å². The third kappa shape index (κ3) is 3.69. The lowest BCUT2D eigenvalue weighted by atomic mass is 10.2. The average molecular weight is 211 g/mol. The normalized spacial score (nSPS) is 12.3. The molecule has 0 spiro atoms. The molecule has 1 aromatic rings. The number of aliphatic hydroxyl groups excluding tert-OH is 1. The lowest BCUT2D eigenvalue weighted by molar-refractivity contribution is 0.244. The van der Waals surface area contributed by atoms with Crippen LogP contribution in [0.2, 0.25) is 0 Å². The van der Waals surface area contributed by atoms with Gasteiger partial charge in [-0.3, -0.25) is 0 Å². The zero-order chi connectivity index (χ0) is 11.3. The van der Waals surface area contributed by atoms with Crippen molar-refractivity contribution in [3.05, 3.63) is 11.9 Å². The van der Waals surface area contributed by atoms with Crippen LogP contribution in [0.3, 0.4) is 0 Å². The van der Waals surface area contributed by atoms with Crippen molar-refractivity contribution < 1.29 is 5.11 Å². The first-order valence-electron chi connectivity index (χ1n) is 4.82. The number of anilines is 2. The summed E-state index contributed by atoms with van der Waals surface area (Å²) in [5.41, 5.74) is 2.47. The lowest BCUT2D eigenvalue weighted by Gasteiger charge is -2.11. The molecule has 84 valence electrons.